The lowest BCUT2D eigenvalue weighted by molar-refractivity contribution is -0.137. The molecule has 0 saturated carbocycles. The van der Waals surface area contributed by atoms with Gasteiger partial charge in [-0.25, -0.2) is 4.98 Å². The second kappa shape index (κ2) is 8.44. The van der Waals surface area contributed by atoms with Crippen LogP contribution in [-0.4, -0.2) is 23.2 Å². The maximum absolute atomic E-state index is 10.8. The number of furan rings is 1. The van der Waals surface area contributed by atoms with Gasteiger partial charge >= 0.3 is 5.97 Å². The molecule has 3 aromatic rings. The van der Waals surface area contributed by atoms with Gasteiger partial charge in [-0.2, -0.15) is 0 Å². The molecular formula is C20H21NO6. The quantitative estimate of drug-likeness (QED) is 0.601. The number of para-hydroxylation sites is 1. The SMILES string of the molecule is COc1cccc(CCCC(=O)O)c1OCc1nc(-c2ccco2)oc1C. The Morgan fingerprint density at radius 3 is 2.81 bits per heavy atom. The summed E-state index contributed by atoms with van der Waals surface area (Å²) in [7, 11) is 1.57. The Hall–Kier alpha value is -3.22. The number of nitrogens with zero attached hydrogens (tertiary/aromatic N) is 1. The Morgan fingerprint density at radius 1 is 1.26 bits per heavy atom. The van der Waals surface area contributed by atoms with E-state index in [1.807, 2.05) is 19.1 Å². The van der Waals surface area contributed by atoms with Gasteiger partial charge < -0.3 is 23.4 Å². The third-order valence-corrected chi connectivity index (χ3v) is 4.09. The Labute approximate surface area is 156 Å². The van der Waals surface area contributed by atoms with Crippen LogP contribution in [0.3, 0.4) is 0 Å². The van der Waals surface area contributed by atoms with Gasteiger partial charge in [0.2, 0.25) is 0 Å². The summed E-state index contributed by atoms with van der Waals surface area (Å²) in [5.74, 6) is 1.96. The Balaban J connectivity index is 1.76. The van der Waals surface area contributed by atoms with E-state index in [-0.39, 0.29) is 13.0 Å². The van der Waals surface area contributed by atoms with Crippen molar-refractivity contribution >= 4 is 5.97 Å². The van der Waals surface area contributed by atoms with Crippen LogP contribution in [0.1, 0.15) is 29.9 Å². The van der Waals surface area contributed by atoms with Crippen LogP contribution in [0, 0.1) is 6.92 Å². The maximum atomic E-state index is 10.8. The highest BCUT2D eigenvalue weighted by Gasteiger charge is 2.16. The molecule has 7 nitrogen and oxygen atoms in total. The molecule has 1 aromatic carbocycles. The third-order valence-electron chi connectivity index (χ3n) is 4.09. The smallest absolute Gasteiger partial charge is 0.303 e. The third kappa shape index (κ3) is 4.49. The number of hydrogen-bond donors (Lipinski definition) is 1. The molecule has 0 amide bonds. The molecule has 0 saturated heterocycles. The first kappa shape index (κ1) is 18.6. The van der Waals surface area contributed by atoms with Gasteiger partial charge in [0.05, 0.1) is 13.4 Å². The topological polar surface area (TPSA) is 94.9 Å². The highest BCUT2D eigenvalue weighted by Crippen LogP contribution is 2.33. The molecule has 0 spiro atoms. The van der Waals surface area contributed by atoms with Crippen LogP contribution in [0.4, 0.5) is 0 Å². The van der Waals surface area contributed by atoms with Crippen molar-refractivity contribution in [3.8, 4) is 23.1 Å². The number of carbonyl (C=O) groups is 1. The number of methoxy groups -OCH3 is 1. The summed E-state index contributed by atoms with van der Waals surface area (Å²) >= 11 is 0. The first-order valence-electron chi connectivity index (χ1n) is 8.59. The Bertz CT molecular complexity index is 897. The zero-order valence-corrected chi connectivity index (χ0v) is 15.2. The molecule has 0 atom stereocenters. The summed E-state index contributed by atoms with van der Waals surface area (Å²) < 4.78 is 22.3. The number of rotatable bonds is 9. The normalized spacial score (nSPS) is 10.7. The molecule has 0 aliphatic rings. The Morgan fingerprint density at radius 2 is 2.11 bits per heavy atom. The summed E-state index contributed by atoms with van der Waals surface area (Å²) in [6.07, 6.45) is 2.76. The number of ether oxygens (including phenoxy) is 2. The summed E-state index contributed by atoms with van der Waals surface area (Å²) in [5.41, 5.74) is 1.55. The summed E-state index contributed by atoms with van der Waals surface area (Å²) in [6, 6.07) is 9.11. The van der Waals surface area contributed by atoms with E-state index in [0.29, 0.717) is 47.4 Å². The molecule has 0 aliphatic carbocycles. The molecular weight excluding hydrogens is 350 g/mol. The number of benzene rings is 1. The molecule has 142 valence electrons. The van der Waals surface area contributed by atoms with Gasteiger partial charge in [-0.05, 0) is 43.5 Å². The number of aryl methyl sites for hydroxylation is 2. The molecule has 0 bridgehead atoms. The highest BCUT2D eigenvalue weighted by molar-refractivity contribution is 5.66. The van der Waals surface area contributed by atoms with Crippen molar-refractivity contribution in [1.82, 2.24) is 4.98 Å². The van der Waals surface area contributed by atoms with Crippen molar-refractivity contribution in [2.24, 2.45) is 0 Å². The molecule has 0 aliphatic heterocycles. The van der Waals surface area contributed by atoms with Gasteiger partial charge in [0, 0.05) is 6.42 Å². The van der Waals surface area contributed by atoms with Crippen LogP contribution in [0.5, 0.6) is 11.5 Å². The van der Waals surface area contributed by atoms with E-state index in [4.69, 9.17) is 23.4 Å². The summed E-state index contributed by atoms with van der Waals surface area (Å²) in [6.45, 7) is 2.01. The molecule has 1 N–H and O–H groups in total. The van der Waals surface area contributed by atoms with Crippen LogP contribution in [-0.2, 0) is 17.8 Å². The summed E-state index contributed by atoms with van der Waals surface area (Å²) in [4.78, 5) is 15.2. The zero-order chi connectivity index (χ0) is 19.2. The average Bonchev–Trinajstić information content (AvgIpc) is 3.30. The highest BCUT2D eigenvalue weighted by atomic mass is 16.5. The lowest BCUT2D eigenvalue weighted by atomic mass is 10.1. The Kier molecular flexibility index (Phi) is 5.80. The number of aromatic nitrogens is 1. The molecule has 7 heteroatoms. The number of oxazole rings is 1. The number of carboxylic acids is 1. The molecule has 0 unspecified atom stereocenters. The van der Waals surface area contributed by atoms with Crippen molar-refractivity contribution in [3.63, 3.8) is 0 Å². The lowest BCUT2D eigenvalue weighted by Crippen LogP contribution is -2.03. The minimum atomic E-state index is -0.816. The van der Waals surface area contributed by atoms with Crippen LogP contribution >= 0.6 is 0 Å². The fraction of sp³-hybridized carbons (Fsp3) is 0.300. The van der Waals surface area contributed by atoms with E-state index < -0.39 is 5.97 Å². The van der Waals surface area contributed by atoms with Crippen molar-refractivity contribution in [3.05, 3.63) is 53.6 Å². The monoisotopic (exact) mass is 371 g/mol. The second-order valence-corrected chi connectivity index (χ2v) is 5.98. The van der Waals surface area contributed by atoms with E-state index in [0.717, 1.165) is 5.56 Å². The minimum absolute atomic E-state index is 0.103. The second-order valence-electron chi connectivity index (χ2n) is 5.98. The van der Waals surface area contributed by atoms with Crippen LogP contribution in [0.25, 0.3) is 11.7 Å². The zero-order valence-electron chi connectivity index (χ0n) is 15.2. The van der Waals surface area contributed by atoms with Gasteiger partial charge in [0.1, 0.15) is 18.1 Å². The number of aliphatic carboxylic acids is 1. The van der Waals surface area contributed by atoms with Gasteiger partial charge in [-0.3, -0.25) is 4.79 Å². The van der Waals surface area contributed by atoms with Crippen molar-refractivity contribution < 1.29 is 28.2 Å². The fourth-order valence-corrected chi connectivity index (χ4v) is 2.72. The van der Waals surface area contributed by atoms with E-state index in [9.17, 15) is 4.79 Å². The van der Waals surface area contributed by atoms with Crippen LogP contribution in [0.15, 0.2) is 45.4 Å². The largest absolute Gasteiger partial charge is 0.493 e. The molecule has 0 fully saturated rings. The molecule has 0 radical (unpaired) electrons. The van der Waals surface area contributed by atoms with Crippen LogP contribution < -0.4 is 9.47 Å². The van der Waals surface area contributed by atoms with Gasteiger partial charge in [0.25, 0.3) is 5.89 Å². The lowest BCUT2D eigenvalue weighted by Gasteiger charge is -2.14. The van der Waals surface area contributed by atoms with Crippen molar-refractivity contribution in [2.45, 2.75) is 32.8 Å². The molecule has 2 heterocycles. The first-order valence-corrected chi connectivity index (χ1v) is 8.59. The van der Waals surface area contributed by atoms with Gasteiger partial charge in [0.15, 0.2) is 17.3 Å². The minimum Gasteiger partial charge on any atom is -0.493 e. The molecule has 27 heavy (non-hydrogen) atoms. The van der Waals surface area contributed by atoms with E-state index >= 15 is 0 Å². The average molecular weight is 371 g/mol. The van der Waals surface area contributed by atoms with E-state index in [1.165, 1.54) is 0 Å². The molecule has 3 rings (SSSR count). The number of hydrogen-bond acceptors (Lipinski definition) is 6. The predicted molar refractivity (Wildman–Crippen MR) is 96.8 cm³/mol. The van der Waals surface area contributed by atoms with E-state index in [2.05, 4.69) is 4.98 Å². The summed E-state index contributed by atoms with van der Waals surface area (Å²) in [5, 5.41) is 8.84. The fourth-order valence-electron chi connectivity index (χ4n) is 2.72. The molecule has 2 aromatic heterocycles. The van der Waals surface area contributed by atoms with E-state index in [1.54, 1.807) is 31.6 Å². The predicted octanol–water partition coefficient (Wildman–Crippen LogP) is 4.24. The van der Waals surface area contributed by atoms with Gasteiger partial charge in [-0.15, -0.1) is 0 Å². The van der Waals surface area contributed by atoms with Gasteiger partial charge in [-0.1, -0.05) is 12.1 Å². The van der Waals surface area contributed by atoms with Crippen molar-refractivity contribution in [2.75, 3.05) is 7.11 Å². The standard InChI is InChI=1S/C20H21NO6/c1-13-15(21-20(27-13)17-9-5-11-25-17)12-26-19-14(7-4-10-18(22)23)6-3-8-16(19)24-2/h3,5-6,8-9,11H,4,7,10,12H2,1-2H3,(H,22,23). The number of carboxylic acid groups (broad SMARTS) is 1. The van der Waals surface area contributed by atoms with Crippen LogP contribution in [0.2, 0.25) is 0 Å². The maximum Gasteiger partial charge on any atom is 0.303 e. The first-order chi connectivity index (χ1) is 13.1. The van der Waals surface area contributed by atoms with Crippen molar-refractivity contribution in [1.29, 1.82) is 0 Å².